The fourth-order valence-electron chi connectivity index (χ4n) is 1.73. The maximum absolute atomic E-state index is 5.94. The first-order valence-corrected chi connectivity index (χ1v) is 6.03. The van der Waals surface area contributed by atoms with Crippen LogP contribution in [0.2, 0.25) is 5.02 Å². The smallest absolute Gasteiger partial charge is 0.150 e. The van der Waals surface area contributed by atoms with E-state index in [0.29, 0.717) is 10.8 Å². The van der Waals surface area contributed by atoms with Gasteiger partial charge in [-0.15, -0.1) is 0 Å². The van der Waals surface area contributed by atoms with E-state index in [4.69, 9.17) is 11.6 Å². The van der Waals surface area contributed by atoms with Crippen molar-refractivity contribution in [3.8, 4) is 0 Å². The van der Waals surface area contributed by atoms with Gasteiger partial charge >= 0.3 is 0 Å². The van der Waals surface area contributed by atoms with Crippen molar-refractivity contribution in [1.82, 2.24) is 15.0 Å². The molecule has 2 heterocycles. The van der Waals surface area contributed by atoms with Gasteiger partial charge in [0.1, 0.15) is 5.82 Å². The van der Waals surface area contributed by atoms with Crippen LogP contribution in [-0.4, -0.2) is 21.2 Å². The van der Waals surface area contributed by atoms with Gasteiger partial charge in [0.15, 0.2) is 0 Å². The van der Waals surface area contributed by atoms with E-state index >= 15 is 0 Å². The Balaban J connectivity index is 1.89. The van der Waals surface area contributed by atoms with Crippen LogP contribution in [0.1, 0.15) is 5.82 Å². The fourth-order valence-corrected chi connectivity index (χ4v) is 1.90. The van der Waals surface area contributed by atoms with E-state index in [1.807, 2.05) is 24.3 Å². The summed E-state index contributed by atoms with van der Waals surface area (Å²) in [7, 11) is 0. The lowest BCUT2D eigenvalue weighted by Crippen LogP contribution is -1.93. The molecule has 3 rings (SSSR count). The van der Waals surface area contributed by atoms with Crippen LogP contribution in [0.3, 0.4) is 0 Å². The number of halogens is 1. The molecule has 3 aromatic rings. The van der Waals surface area contributed by atoms with Gasteiger partial charge in [0.25, 0.3) is 0 Å². The Morgan fingerprint density at radius 1 is 1.21 bits per heavy atom. The molecule has 1 aromatic carbocycles. The summed E-state index contributed by atoms with van der Waals surface area (Å²) in [5, 5.41) is 5.75. The quantitative estimate of drug-likeness (QED) is 0.568. The third-order valence-electron chi connectivity index (χ3n) is 2.60. The zero-order chi connectivity index (χ0) is 13.1. The van der Waals surface area contributed by atoms with Crippen LogP contribution in [0.15, 0.2) is 48.0 Å². The normalized spacial score (nSPS) is 11.2. The number of fused-ring (bicyclic) bond motifs is 1. The van der Waals surface area contributed by atoms with E-state index in [1.54, 1.807) is 24.8 Å². The van der Waals surface area contributed by atoms with Crippen molar-refractivity contribution in [2.75, 3.05) is 5.43 Å². The average molecular weight is 272 g/mol. The van der Waals surface area contributed by atoms with Crippen LogP contribution in [0, 0.1) is 0 Å². The Morgan fingerprint density at radius 2 is 2.16 bits per heavy atom. The molecule has 0 spiro atoms. The van der Waals surface area contributed by atoms with Gasteiger partial charge in [0.05, 0.1) is 17.4 Å². The minimum Gasteiger partial charge on any atom is -0.344 e. The maximum Gasteiger partial charge on any atom is 0.150 e. The molecule has 0 saturated heterocycles. The first-order valence-electron chi connectivity index (χ1n) is 5.66. The van der Waals surface area contributed by atoms with Crippen LogP contribution >= 0.6 is 11.6 Å². The molecule has 19 heavy (non-hydrogen) atoms. The first-order chi connectivity index (χ1) is 9.33. The van der Waals surface area contributed by atoms with Crippen molar-refractivity contribution in [1.29, 1.82) is 0 Å². The van der Waals surface area contributed by atoms with Gasteiger partial charge in [-0.2, -0.15) is 5.10 Å². The minimum atomic E-state index is 0.663. The topological polar surface area (TPSA) is 66.0 Å². The second-order valence-corrected chi connectivity index (χ2v) is 4.30. The summed E-state index contributed by atoms with van der Waals surface area (Å²) in [5.41, 5.74) is 4.66. The molecule has 0 saturated carbocycles. The summed E-state index contributed by atoms with van der Waals surface area (Å²) in [4.78, 5) is 11.3. The van der Waals surface area contributed by atoms with Gasteiger partial charge in [-0.1, -0.05) is 11.6 Å². The zero-order valence-corrected chi connectivity index (χ0v) is 10.6. The molecule has 0 aliphatic heterocycles. The number of pyridine rings is 1. The van der Waals surface area contributed by atoms with E-state index in [0.717, 1.165) is 16.6 Å². The SMILES string of the molecule is Clc1ccc2c(NN=Cc3ncc[nH]3)ccnc2c1. The number of hydrazone groups is 1. The summed E-state index contributed by atoms with van der Waals surface area (Å²) >= 11 is 5.94. The van der Waals surface area contributed by atoms with Crippen molar-refractivity contribution in [3.05, 3.63) is 53.7 Å². The van der Waals surface area contributed by atoms with E-state index in [2.05, 4.69) is 25.5 Å². The monoisotopic (exact) mass is 271 g/mol. The van der Waals surface area contributed by atoms with Gasteiger partial charge in [-0.25, -0.2) is 4.98 Å². The Labute approximate surface area is 114 Å². The molecule has 2 aromatic heterocycles. The van der Waals surface area contributed by atoms with Crippen LogP contribution in [0.5, 0.6) is 0 Å². The molecular formula is C13H10ClN5. The van der Waals surface area contributed by atoms with Crippen LogP contribution in [0.25, 0.3) is 10.9 Å². The van der Waals surface area contributed by atoms with Crippen molar-refractivity contribution < 1.29 is 0 Å². The van der Waals surface area contributed by atoms with Gasteiger partial charge in [0.2, 0.25) is 0 Å². The molecule has 94 valence electrons. The van der Waals surface area contributed by atoms with Crippen molar-refractivity contribution >= 4 is 34.4 Å². The minimum absolute atomic E-state index is 0.663. The lowest BCUT2D eigenvalue weighted by Gasteiger charge is -2.04. The second kappa shape index (κ2) is 5.07. The number of nitrogens with zero attached hydrogens (tertiary/aromatic N) is 3. The lowest BCUT2D eigenvalue weighted by molar-refractivity contribution is 1.25. The maximum atomic E-state index is 5.94. The lowest BCUT2D eigenvalue weighted by atomic mass is 10.2. The Hall–Kier alpha value is -2.40. The van der Waals surface area contributed by atoms with Gasteiger partial charge in [-0.3, -0.25) is 10.4 Å². The van der Waals surface area contributed by atoms with E-state index < -0.39 is 0 Å². The molecule has 0 aliphatic carbocycles. The number of anilines is 1. The Bertz CT molecular complexity index is 721. The molecule has 0 aliphatic rings. The molecule has 0 fully saturated rings. The van der Waals surface area contributed by atoms with Crippen LogP contribution in [-0.2, 0) is 0 Å². The van der Waals surface area contributed by atoms with Crippen molar-refractivity contribution in [3.63, 3.8) is 0 Å². The second-order valence-electron chi connectivity index (χ2n) is 3.86. The Morgan fingerprint density at radius 3 is 3.00 bits per heavy atom. The highest BCUT2D eigenvalue weighted by Crippen LogP contribution is 2.24. The molecular weight excluding hydrogens is 262 g/mol. The van der Waals surface area contributed by atoms with E-state index in [1.165, 1.54) is 0 Å². The van der Waals surface area contributed by atoms with Gasteiger partial charge < -0.3 is 4.98 Å². The van der Waals surface area contributed by atoms with Gasteiger partial charge in [-0.05, 0) is 24.3 Å². The predicted octanol–water partition coefficient (Wildman–Crippen LogP) is 3.06. The molecule has 0 unspecified atom stereocenters. The summed E-state index contributed by atoms with van der Waals surface area (Å²) in [6, 6.07) is 7.41. The number of aromatic nitrogens is 3. The fraction of sp³-hybridized carbons (Fsp3) is 0. The predicted molar refractivity (Wildman–Crippen MR) is 76.6 cm³/mol. The molecule has 6 heteroatoms. The molecule has 5 nitrogen and oxygen atoms in total. The molecule has 2 N–H and O–H groups in total. The summed E-state index contributed by atoms with van der Waals surface area (Å²) in [6.07, 6.45) is 6.74. The number of nitrogens with one attached hydrogen (secondary N) is 2. The highest BCUT2D eigenvalue weighted by atomic mass is 35.5. The van der Waals surface area contributed by atoms with Gasteiger partial charge in [0, 0.05) is 29.0 Å². The van der Waals surface area contributed by atoms with Crippen molar-refractivity contribution in [2.24, 2.45) is 5.10 Å². The summed E-state index contributed by atoms with van der Waals surface area (Å²) in [6.45, 7) is 0. The number of imidazole rings is 1. The number of hydrogen-bond acceptors (Lipinski definition) is 4. The highest BCUT2D eigenvalue weighted by Gasteiger charge is 2.01. The number of rotatable bonds is 3. The van der Waals surface area contributed by atoms with Crippen LogP contribution in [0.4, 0.5) is 5.69 Å². The molecule has 0 bridgehead atoms. The van der Waals surface area contributed by atoms with Crippen molar-refractivity contribution in [2.45, 2.75) is 0 Å². The van der Waals surface area contributed by atoms with Crippen LogP contribution < -0.4 is 5.43 Å². The standard InChI is InChI=1S/C13H10ClN5/c14-9-1-2-10-11(3-4-15-12(10)7-9)19-18-8-13-16-5-6-17-13/h1-8H,(H,15,19)(H,16,17). The first kappa shape index (κ1) is 11.7. The molecule has 0 radical (unpaired) electrons. The van der Waals surface area contributed by atoms with E-state index in [9.17, 15) is 0 Å². The number of hydrogen-bond donors (Lipinski definition) is 2. The zero-order valence-electron chi connectivity index (χ0n) is 9.84. The number of aromatic amines is 1. The Kier molecular flexibility index (Phi) is 3.12. The summed E-state index contributed by atoms with van der Waals surface area (Å²) < 4.78 is 0. The third kappa shape index (κ3) is 2.56. The van der Waals surface area contributed by atoms with E-state index in [-0.39, 0.29) is 0 Å². The number of H-pyrrole nitrogens is 1. The largest absolute Gasteiger partial charge is 0.344 e. The highest BCUT2D eigenvalue weighted by molar-refractivity contribution is 6.31. The third-order valence-corrected chi connectivity index (χ3v) is 2.83. The average Bonchev–Trinajstić information content (AvgIpc) is 2.92. The molecule has 0 atom stereocenters. The number of benzene rings is 1. The molecule has 0 amide bonds. The summed E-state index contributed by atoms with van der Waals surface area (Å²) in [5.74, 6) is 0.689.